The zero-order chi connectivity index (χ0) is 12.8. The van der Waals surface area contributed by atoms with Crippen molar-refractivity contribution in [2.45, 2.75) is 44.2 Å². The van der Waals surface area contributed by atoms with Crippen LogP contribution in [0.5, 0.6) is 0 Å². The van der Waals surface area contributed by atoms with E-state index < -0.39 is 0 Å². The summed E-state index contributed by atoms with van der Waals surface area (Å²) in [5.74, 6) is -0.165. The van der Waals surface area contributed by atoms with Crippen molar-refractivity contribution in [2.75, 3.05) is 13.1 Å². The molecule has 3 heterocycles. The van der Waals surface area contributed by atoms with Crippen molar-refractivity contribution in [1.82, 2.24) is 4.90 Å². The van der Waals surface area contributed by atoms with Gasteiger partial charge >= 0.3 is 5.97 Å². The fraction of sp³-hybridized carbons (Fsp3) is 0.643. The van der Waals surface area contributed by atoms with Gasteiger partial charge in [-0.2, -0.15) is 0 Å². The number of rotatable bonds is 1. The molecule has 1 saturated heterocycles. The molecule has 0 amide bonds. The maximum absolute atomic E-state index is 11.8. The van der Waals surface area contributed by atoms with Crippen LogP contribution in [0.15, 0.2) is 21.3 Å². The highest BCUT2D eigenvalue weighted by Crippen LogP contribution is 2.46. The molecule has 0 unspecified atom stereocenters. The monoisotopic (exact) mass is 359 g/mol. The van der Waals surface area contributed by atoms with Crippen molar-refractivity contribution in [2.24, 2.45) is 0 Å². The Morgan fingerprint density at radius 3 is 3.17 bits per heavy atom. The van der Waals surface area contributed by atoms with Crippen LogP contribution in [0.1, 0.15) is 32.6 Å². The standard InChI is InChI=1S/C14H18INO2/c1-2-14-10(9-13(17)18-14)11(15)6-8-16-7-4-3-5-12(14)16/h6,9,12H,2-5,7-8H2,1H3/t12-,14+/m1/s1. The predicted molar refractivity (Wildman–Crippen MR) is 78.5 cm³/mol. The number of halogens is 1. The normalized spacial score (nSPS) is 36.1. The summed E-state index contributed by atoms with van der Waals surface area (Å²) >= 11 is 2.35. The Morgan fingerprint density at radius 2 is 2.39 bits per heavy atom. The largest absolute Gasteiger partial charge is 0.449 e. The first-order valence-electron chi connectivity index (χ1n) is 6.72. The molecule has 0 spiro atoms. The van der Waals surface area contributed by atoms with Crippen molar-refractivity contribution in [3.63, 3.8) is 0 Å². The summed E-state index contributed by atoms with van der Waals surface area (Å²) in [5.41, 5.74) is 0.728. The summed E-state index contributed by atoms with van der Waals surface area (Å²) in [6.45, 7) is 4.24. The Labute approximate surface area is 121 Å². The average Bonchev–Trinajstić information content (AvgIpc) is 2.69. The van der Waals surface area contributed by atoms with E-state index in [2.05, 4.69) is 40.5 Å². The second-order valence-electron chi connectivity index (χ2n) is 5.28. The van der Waals surface area contributed by atoms with E-state index >= 15 is 0 Å². The molecule has 3 aliphatic heterocycles. The number of hydrogen-bond acceptors (Lipinski definition) is 3. The van der Waals surface area contributed by atoms with Crippen molar-refractivity contribution in [3.8, 4) is 0 Å². The number of carbonyl (C=O) groups is 1. The van der Waals surface area contributed by atoms with Crippen molar-refractivity contribution < 1.29 is 9.53 Å². The second kappa shape index (κ2) is 4.63. The summed E-state index contributed by atoms with van der Waals surface area (Å²) in [7, 11) is 0. The van der Waals surface area contributed by atoms with Gasteiger partial charge in [-0.05, 0) is 48.4 Å². The van der Waals surface area contributed by atoms with Gasteiger partial charge in [0.15, 0.2) is 5.60 Å². The van der Waals surface area contributed by atoms with E-state index in [1.54, 1.807) is 6.08 Å². The van der Waals surface area contributed by atoms with E-state index in [4.69, 9.17) is 4.74 Å². The second-order valence-corrected chi connectivity index (χ2v) is 6.44. The number of ether oxygens (including phenoxy) is 1. The predicted octanol–water partition coefficient (Wildman–Crippen LogP) is 2.81. The number of esters is 1. The van der Waals surface area contributed by atoms with Gasteiger partial charge in [0.05, 0.1) is 6.04 Å². The molecule has 0 aromatic heterocycles. The van der Waals surface area contributed by atoms with Gasteiger partial charge in [0.1, 0.15) is 0 Å². The summed E-state index contributed by atoms with van der Waals surface area (Å²) in [4.78, 5) is 14.2. The van der Waals surface area contributed by atoms with E-state index in [9.17, 15) is 4.79 Å². The van der Waals surface area contributed by atoms with Gasteiger partial charge in [0.2, 0.25) is 0 Å². The van der Waals surface area contributed by atoms with Crippen LogP contribution in [-0.4, -0.2) is 35.6 Å². The summed E-state index contributed by atoms with van der Waals surface area (Å²) in [6.07, 6.45) is 8.45. The number of piperidine rings is 1. The molecule has 98 valence electrons. The molecular weight excluding hydrogens is 341 g/mol. The number of fused-ring (bicyclic) bond motifs is 3. The fourth-order valence-electron chi connectivity index (χ4n) is 3.57. The molecule has 0 saturated carbocycles. The van der Waals surface area contributed by atoms with Gasteiger partial charge in [-0.15, -0.1) is 0 Å². The van der Waals surface area contributed by atoms with Gasteiger partial charge in [0, 0.05) is 21.8 Å². The quantitative estimate of drug-likeness (QED) is 0.533. The molecule has 18 heavy (non-hydrogen) atoms. The molecule has 0 radical (unpaired) electrons. The minimum Gasteiger partial charge on any atom is -0.449 e. The average molecular weight is 359 g/mol. The molecule has 3 nitrogen and oxygen atoms in total. The third-order valence-electron chi connectivity index (χ3n) is 4.44. The lowest BCUT2D eigenvalue weighted by atomic mass is 9.80. The molecule has 3 aliphatic rings. The van der Waals surface area contributed by atoms with Crippen LogP contribution in [-0.2, 0) is 9.53 Å². The lowest BCUT2D eigenvalue weighted by Gasteiger charge is -2.44. The molecule has 0 aromatic rings. The van der Waals surface area contributed by atoms with Crippen LogP contribution in [0.3, 0.4) is 0 Å². The summed E-state index contributed by atoms with van der Waals surface area (Å²) < 4.78 is 6.99. The highest BCUT2D eigenvalue weighted by Gasteiger charge is 2.52. The van der Waals surface area contributed by atoms with Crippen LogP contribution in [0, 0.1) is 0 Å². The van der Waals surface area contributed by atoms with E-state index in [1.807, 2.05) is 0 Å². The van der Waals surface area contributed by atoms with Crippen molar-refractivity contribution >= 4 is 28.6 Å². The third-order valence-corrected chi connectivity index (χ3v) is 5.46. The maximum Gasteiger partial charge on any atom is 0.332 e. The Kier molecular flexibility index (Phi) is 3.26. The molecular formula is C14H18INO2. The number of nitrogens with zero attached hydrogens (tertiary/aromatic N) is 1. The number of carbonyl (C=O) groups excluding carboxylic acids is 1. The molecule has 1 fully saturated rings. The van der Waals surface area contributed by atoms with E-state index in [0.717, 1.165) is 31.5 Å². The van der Waals surface area contributed by atoms with E-state index in [0.29, 0.717) is 6.04 Å². The Hall–Kier alpha value is -0.360. The fourth-order valence-corrected chi connectivity index (χ4v) is 4.37. The van der Waals surface area contributed by atoms with E-state index in [1.165, 1.54) is 16.4 Å². The highest BCUT2D eigenvalue weighted by atomic mass is 127. The van der Waals surface area contributed by atoms with Gasteiger partial charge < -0.3 is 4.74 Å². The van der Waals surface area contributed by atoms with Gasteiger partial charge in [-0.1, -0.05) is 19.4 Å². The smallest absolute Gasteiger partial charge is 0.332 e. The number of hydrogen-bond donors (Lipinski definition) is 0. The zero-order valence-electron chi connectivity index (χ0n) is 10.6. The van der Waals surface area contributed by atoms with Gasteiger partial charge in [-0.25, -0.2) is 4.79 Å². The molecule has 2 atom stereocenters. The minimum absolute atomic E-state index is 0.165. The van der Waals surface area contributed by atoms with Crippen LogP contribution in [0.25, 0.3) is 0 Å². The third kappa shape index (κ3) is 1.76. The summed E-state index contributed by atoms with van der Waals surface area (Å²) in [5, 5.41) is 0. The molecule has 0 aromatic carbocycles. The van der Waals surface area contributed by atoms with Crippen LogP contribution < -0.4 is 0 Å². The topological polar surface area (TPSA) is 29.5 Å². The lowest BCUT2D eigenvalue weighted by molar-refractivity contribution is -0.153. The maximum atomic E-state index is 11.8. The minimum atomic E-state index is -0.388. The molecule has 4 heteroatoms. The molecule has 0 aliphatic carbocycles. The first kappa shape index (κ1) is 12.7. The highest BCUT2D eigenvalue weighted by molar-refractivity contribution is 14.1. The Bertz CT molecular complexity index is 443. The van der Waals surface area contributed by atoms with Crippen LogP contribution in [0.2, 0.25) is 0 Å². The summed E-state index contributed by atoms with van der Waals surface area (Å²) in [6, 6.07) is 0.359. The molecule has 0 N–H and O–H groups in total. The van der Waals surface area contributed by atoms with Crippen LogP contribution in [0.4, 0.5) is 0 Å². The first-order chi connectivity index (χ1) is 8.67. The molecule has 0 bridgehead atoms. The Balaban J connectivity index is 2.08. The van der Waals surface area contributed by atoms with Gasteiger partial charge in [-0.3, -0.25) is 4.90 Å². The zero-order valence-corrected chi connectivity index (χ0v) is 12.8. The lowest BCUT2D eigenvalue weighted by Crippen LogP contribution is -2.55. The SMILES string of the molecule is CC[C@]12OC(=O)C=C1C(I)=CCN1CCCC[C@@H]12. The Morgan fingerprint density at radius 1 is 1.56 bits per heavy atom. The van der Waals surface area contributed by atoms with Crippen molar-refractivity contribution in [1.29, 1.82) is 0 Å². The van der Waals surface area contributed by atoms with E-state index in [-0.39, 0.29) is 11.6 Å². The van der Waals surface area contributed by atoms with Crippen molar-refractivity contribution in [3.05, 3.63) is 21.3 Å². The van der Waals surface area contributed by atoms with Gasteiger partial charge in [0.25, 0.3) is 0 Å². The first-order valence-corrected chi connectivity index (χ1v) is 7.80. The van der Waals surface area contributed by atoms with Crippen LogP contribution >= 0.6 is 22.6 Å². The molecule has 3 rings (SSSR count).